The Morgan fingerprint density at radius 2 is 2.10 bits per heavy atom. The average molecular weight is 296 g/mol. The summed E-state index contributed by atoms with van der Waals surface area (Å²) in [6.07, 6.45) is 7.37. The molecule has 0 bridgehead atoms. The van der Waals surface area contributed by atoms with Crippen molar-refractivity contribution >= 4 is 5.97 Å². The van der Waals surface area contributed by atoms with Gasteiger partial charge in [-0.3, -0.25) is 10.1 Å². The molecule has 2 rings (SSSR count). The van der Waals surface area contributed by atoms with Gasteiger partial charge >= 0.3 is 5.97 Å². The fraction of sp³-hybridized carbons (Fsp3) is 0.941. The number of carboxylic acid groups (broad SMARTS) is 1. The minimum absolute atomic E-state index is 0.286. The van der Waals surface area contributed by atoms with Gasteiger partial charge in [-0.1, -0.05) is 20.3 Å². The molecule has 0 aromatic heterocycles. The van der Waals surface area contributed by atoms with Crippen molar-refractivity contribution in [1.82, 2.24) is 10.2 Å². The molecule has 2 N–H and O–H groups in total. The van der Waals surface area contributed by atoms with E-state index in [2.05, 4.69) is 31.0 Å². The van der Waals surface area contributed by atoms with Gasteiger partial charge in [0.05, 0.1) is 0 Å². The van der Waals surface area contributed by atoms with E-state index in [1.165, 1.54) is 0 Å². The van der Waals surface area contributed by atoms with E-state index in [1.54, 1.807) is 0 Å². The number of rotatable bonds is 9. The van der Waals surface area contributed by atoms with Crippen LogP contribution in [0.25, 0.3) is 0 Å². The molecule has 2 saturated carbocycles. The molecule has 0 aromatic rings. The van der Waals surface area contributed by atoms with Gasteiger partial charge in [-0.05, 0) is 64.5 Å². The minimum atomic E-state index is -0.643. The van der Waals surface area contributed by atoms with Gasteiger partial charge in [-0.25, -0.2) is 0 Å². The van der Waals surface area contributed by atoms with Gasteiger partial charge in [0.1, 0.15) is 5.54 Å². The van der Waals surface area contributed by atoms with Gasteiger partial charge < -0.3 is 10.0 Å². The molecule has 2 fully saturated rings. The summed E-state index contributed by atoms with van der Waals surface area (Å²) < 4.78 is 0. The van der Waals surface area contributed by atoms with E-state index < -0.39 is 11.5 Å². The lowest BCUT2D eigenvalue weighted by Crippen LogP contribution is -2.56. The molecule has 0 spiro atoms. The quantitative estimate of drug-likeness (QED) is 0.687. The van der Waals surface area contributed by atoms with Crippen molar-refractivity contribution in [2.75, 3.05) is 13.1 Å². The molecule has 3 unspecified atom stereocenters. The van der Waals surface area contributed by atoms with Crippen LogP contribution in [0, 0.1) is 5.92 Å². The fourth-order valence-corrected chi connectivity index (χ4v) is 3.86. The summed E-state index contributed by atoms with van der Waals surface area (Å²) in [6.45, 7) is 8.77. The van der Waals surface area contributed by atoms with E-state index in [4.69, 9.17) is 0 Å². The summed E-state index contributed by atoms with van der Waals surface area (Å²) in [5.41, 5.74) is -0.643. The zero-order valence-electron chi connectivity index (χ0n) is 13.9. The number of nitrogens with zero attached hydrogens (tertiary/aromatic N) is 1. The van der Waals surface area contributed by atoms with Crippen LogP contribution in [-0.2, 0) is 4.79 Å². The van der Waals surface area contributed by atoms with Crippen LogP contribution >= 0.6 is 0 Å². The molecule has 0 radical (unpaired) electrons. The van der Waals surface area contributed by atoms with Gasteiger partial charge in [0.15, 0.2) is 0 Å². The Balaban J connectivity index is 1.97. The van der Waals surface area contributed by atoms with E-state index >= 15 is 0 Å². The van der Waals surface area contributed by atoms with Crippen molar-refractivity contribution in [3.8, 4) is 0 Å². The number of carbonyl (C=O) groups is 1. The van der Waals surface area contributed by atoms with Crippen LogP contribution in [0.2, 0.25) is 0 Å². The fourth-order valence-electron chi connectivity index (χ4n) is 3.86. The number of hydrogen-bond acceptors (Lipinski definition) is 3. The molecule has 0 aromatic carbocycles. The Hall–Kier alpha value is -0.610. The topological polar surface area (TPSA) is 52.6 Å². The maximum absolute atomic E-state index is 11.9. The van der Waals surface area contributed by atoms with E-state index in [0.29, 0.717) is 12.1 Å². The van der Waals surface area contributed by atoms with Crippen LogP contribution in [0.1, 0.15) is 65.7 Å². The van der Waals surface area contributed by atoms with Crippen molar-refractivity contribution in [1.29, 1.82) is 0 Å². The molecule has 2 aliphatic carbocycles. The second kappa shape index (κ2) is 7.10. The molecular formula is C17H32N2O2. The molecule has 4 nitrogen and oxygen atoms in total. The predicted octanol–water partition coefficient (Wildman–Crippen LogP) is 2.87. The third-order valence-electron chi connectivity index (χ3n) is 5.63. The summed E-state index contributed by atoms with van der Waals surface area (Å²) in [6, 6.07) is 1.05. The monoisotopic (exact) mass is 296 g/mol. The Labute approximate surface area is 129 Å². The summed E-state index contributed by atoms with van der Waals surface area (Å²) >= 11 is 0. The molecule has 4 heteroatoms. The highest BCUT2D eigenvalue weighted by molar-refractivity contribution is 5.80. The van der Waals surface area contributed by atoms with Crippen LogP contribution in [0.4, 0.5) is 0 Å². The molecule has 21 heavy (non-hydrogen) atoms. The minimum Gasteiger partial charge on any atom is -0.480 e. The molecule has 0 saturated heterocycles. The van der Waals surface area contributed by atoms with Crippen LogP contribution in [0.3, 0.4) is 0 Å². The third-order valence-corrected chi connectivity index (χ3v) is 5.63. The summed E-state index contributed by atoms with van der Waals surface area (Å²) in [5.74, 6) is -0.336. The van der Waals surface area contributed by atoms with Crippen molar-refractivity contribution in [3.63, 3.8) is 0 Å². The van der Waals surface area contributed by atoms with Crippen LogP contribution < -0.4 is 5.32 Å². The first-order chi connectivity index (χ1) is 10.0. The number of nitrogens with one attached hydrogen (secondary N) is 1. The highest BCUT2D eigenvalue weighted by atomic mass is 16.4. The first kappa shape index (κ1) is 16.8. The SMILES string of the molecule is CCC(C)N(CC)CCC1CCCC1(NC1CC1)C(=O)O. The van der Waals surface area contributed by atoms with Gasteiger partial charge in [0.2, 0.25) is 0 Å². The van der Waals surface area contributed by atoms with Crippen LogP contribution in [0.5, 0.6) is 0 Å². The molecule has 3 atom stereocenters. The van der Waals surface area contributed by atoms with Crippen LogP contribution in [0.15, 0.2) is 0 Å². The highest BCUT2D eigenvalue weighted by Gasteiger charge is 2.51. The Kier molecular flexibility index (Phi) is 5.67. The maximum atomic E-state index is 11.9. The zero-order valence-corrected chi connectivity index (χ0v) is 13.9. The molecule has 0 amide bonds. The number of carboxylic acids is 1. The molecule has 2 aliphatic rings. The Bertz CT molecular complexity index is 357. The first-order valence-electron chi connectivity index (χ1n) is 8.78. The van der Waals surface area contributed by atoms with Gasteiger partial charge in [-0.2, -0.15) is 0 Å². The molecule has 0 aliphatic heterocycles. The first-order valence-corrected chi connectivity index (χ1v) is 8.78. The second-order valence-corrected chi connectivity index (χ2v) is 6.96. The zero-order chi connectivity index (χ0) is 15.5. The lowest BCUT2D eigenvalue weighted by molar-refractivity contribution is -0.147. The van der Waals surface area contributed by atoms with Gasteiger partial charge in [-0.15, -0.1) is 0 Å². The third kappa shape index (κ3) is 3.78. The Morgan fingerprint density at radius 1 is 1.38 bits per heavy atom. The Morgan fingerprint density at radius 3 is 2.62 bits per heavy atom. The van der Waals surface area contributed by atoms with Crippen molar-refractivity contribution in [2.24, 2.45) is 5.92 Å². The number of aliphatic carboxylic acids is 1. The van der Waals surface area contributed by atoms with E-state index in [9.17, 15) is 9.90 Å². The largest absolute Gasteiger partial charge is 0.480 e. The van der Waals surface area contributed by atoms with Crippen molar-refractivity contribution < 1.29 is 9.90 Å². The van der Waals surface area contributed by atoms with E-state index in [-0.39, 0.29) is 5.92 Å². The highest BCUT2D eigenvalue weighted by Crippen LogP contribution is 2.41. The lowest BCUT2D eigenvalue weighted by atomic mass is 9.84. The van der Waals surface area contributed by atoms with Crippen molar-refractivity contribution in [2.45, 2.75) is 83.3 Å². The summed E-state index contributed by atoms with van der Waals surface area (Å²) in [5, 5.41) is 13.3. The second-order valence-electron chi connectivity index (χ2n) is 6.96. The number of hydrogen-bond donors (Lipinski definition) is 2. The predicted molar refractivity (Wildman–Crippen MR) is 85.5 cm³/mol. The molecule has 0 heterocycles. The van der Waals surface area contributed by atoms with E-state index in [0.717, 1.165) is 58.0 Å². The van der Waals surface area contributed by atoms with Gasteiger partial charge in [0, 0.05) is 12.1 Å². The molecule has 122 valence electrons. The summed E-state index contributed by atoms with van der Waals surface area (Å²) in [7, 11) is 0. The normalized spacial score (nSPS) is 30.8. The average Bonchev–Trinajstić information content (AvgIpc) is 3.18. The summed E-state index contributed by atoms with van der Waals surface area (Å²) in [4.78, 5) is 14.4. The maximum Gasteiger partial charge on any atom is 0.324 e. The smallest absolute Gasteiger partial charge is 0.324 e. The van der Waals surface area contributed by atoms with E-state index in [1.807, 2.05) is 0 Å². The lowest BCUT2D eigenvalue weighted by Gasteiger charge is -2.35. The van der Waals surface area contributed by atoms with Crippen molar-refractivity contribution in [3.05, 3.63) is 0 Å². The van der Waals surface area contributed by atoms with Gasteiger partial charge in [0.25, 0.3) is 0 Å². The molecular weight excluding hydrogens is 264 g/mol. The standard InChI is InChI=1S/C17H32N2O2/c1-4-13(3)19(5-2)12-10-14-7-6-11-17(14,16(20)21)18-15-8-9-15/h13-15,18H,4-12H2,1-3H3,(H,20,21). The van der Waals surface area contributed by atoms with Crippen LogP contribution in [-0.4, -0.2) is 46.7 Å².